The van der Waals surface area contributed by atoms with Gasteiger partial charge in [-0.2, -0.15) is 0 Å². The number of amides is 1. The van der Waals surface area contributed by atoms with Crippen molar-refractivity contribution in [2.75, 3.05) is 13.7 Å². The van der Waals surface area contributed by atoms with Crippen molar-refractivity contribution in [3.8, 4) is 0 Å². The van der Waals surface area contributed by atoms with Crippen LogP contribution in [0, 0.1) is 11.8 Å². The molecule has 2 fully saturated rings. The van der Waals surface area contributed by atoms with E-state index in [1.165, 1.54) is 12.0 Å². The van der Waals surface area contributed by atoms with Crippen molar-refractivity contribution in [1.29, 1.82) is 0 Å². The van der Waals surface area contributed by atoms with Gasteiger partial charge in [0, 0.05) is 12.5 Å². The molecule has 7 heteroatoms. The summed E-state index contributed by atoms with van der Waals surface area (Å²) in [5.74, 6) is -0.268. The lowest BCUT2D eigenvalue weighted by Gasteiger charge is -2.25. The van der Waals surface area contributed by atoms with E-state index in [1.54, 1.807) is 0 Å². The number of esters is 1. The van der Waals surface area contributed by atoms with Crippen molar-refractivity contribution in [3.05, 3.63) is 35.9 Å². The topological polar surface area (TPSA) is 65.1 Å². The van der Waals surface area contributed by atoms with Crippen LogP contribution in [-0.4, -0.2) is 48.2 Å². The van der Waals surface area contributed by atoms with Gasteiger partial charge >= 0.3 is 12.1 Å². The van der Waals surface area contributed by atoms with Crippen LogP contribution in [0.4, 0.5) is 4.79 Å². The van der Waals surface area contributed by atoms with E-state index in [9.17, 15) is 9.59 Å². The first kappa shape index (κ1) is 19.0. The minimum atomic E-state index is -0.614. The molecule has 142 valence electrons. The quantitative estimate of drug-likeness (QED) is 0.484. The Labute approximate surface area is 159 Å². The SMILES string of the molecule is COC(=O)[C@@H]1[C@H]2CCC(OC(C)S)[C@H]2CN1C(=O)OCc1ccccc1. The molecule has 1 aliphatic heterocycles. The Morgan fingerprint density at radius 3 is 2.62 bits per heavy atom. The van der Waals surface area contributed by atoms with Crippen LogP contribution in [0.15, 0.2) is 30.3 Å². The molecule has 2 unspecified atom stereocenters. The maximum Gasteiger partial charge on any atom is 0.410 e. The lowest BCUT2D eigenvalue weighted by atomic mass is 9.93. The minimum absolute atomic E-state index is 0.00780. The number of carbonyl (C=O) groups excluding carboxylic acids is 2. The van der Waals surface area contributed by atoms with Gasteiger partial charge in [-0.1, -0.05) is 30.3 Å². The Bertz CT molecular complexity index is 638. The molecule has 1 amide bonds. The lowest BCUT2D eigenvalue weighted by Crippen LogP contribution is -2.44. The predicted octanol–water partition coefficient (Wildman–Crippen LogP) is 2.87. The third-order valence-corrected chi connectivity index (χ3v) is 5.34. The van der Waals surface area contributed by atoms with Crippen LogP contribution in [0.5, 0.6) is 0 Å². The summed E-state index contributed by atoms with van der Waals surface area (Å²) in [6.07, 6.45) is 1.18. The lowest BCUT2D eigenvalue weighted by molar-refractivity contribution is -0.146. The molecule has 0 N–H and O–H groups in total. The number of likely N-dealkylation sites (tertiary alicyclic amines) is 1. The highest BCUT2D eigenvalue weighted by Gasteiger charge is 2.54. The Kier molecular flexibility index (Phi) is 6.09. The maximum absolute atomic E-state index is 12.6. The molecule has 0 spiro atoms. The largest absolute Gasteiger partial charge is 0.467 e. The van der Waals surface area contributed by atoms with Gasteiger partial charge in [-0.15, -0.1) is 12.6 Å². The van der Waals surface area contributed by atoms with Gasteiger partial charge in [-0.3, -0.25) is 4.90 Å². The van der Waals surface area contributed by atoms with Crippen molar-refractivity contribution < 1.29 is 23.8 Å². The molecule has 1 heterocycles. The smallest absolute Gasteiger partial charge is 0.410 e. The van der Waals surface area contributed by atoms with E-state index in [4.69, 9.17) is 14.2 Å². The molecule has 26 heavy (non-hydrogen) atoms. The molecular formula is C19H25NO5S. The molecular weight excluding hydrogens is 354 g/mol. The Balaban J connectivity index is 1.70. The molecule has 1 aromatic carbocycles. The van der Waals surface area contributed by atoms with Crippen LogP contribution in [0.25, 0.3) is 0 Å². The van der Waals surface area contributed by atoms with Crippen LogP contribution in [0.3, 0.4) is 0 Å². The summed E-state index contributed by atoms with van der Waals surface area (Å²) in [4.78, 5) is 26.5. The number of benzene rings is 1. The fourth-order valence-corrected chi connectivity index (χ4v) is 4.27. The zero-order valence-corrected chi connectivity index (χ0v) is 15.9. The van der Waals surface area contributed by atoms with Crippen LogP contribution >= 0.6 is 12.6 Å². The number of rotatable bonds is 5. The van der Waals surface area contributed by atoms with Crippen molar-refractivity contribution in [3.63, 3.8) is 0 Å². The highest BCUT2D eigenvalue weighted by Crippen LogP contribution is 2.44. The fourth-order valence-electron chi connectivity index (χ4n) is 4.11. The second-order valence-corrected chi connectivity index (χ2v) is 7.57. The number of carbonyl (C=O) groups is 2. The molecule has 0 aromatic heterocycles. The van der Waals surface area contributed by atoms with Crippen LogP contribution < -0.4 is 0 Å². The van der Waals surface area contributed by atoms with E-state index in [2.05, 4.69) is 12.6 Å². The third kappa shape index (κ3) is 3.99. The average Bonchev–Trinajstić information content (AvgIpc) is 3.19. The Hall–Kier alpha value is -1.73. The van der Waals surface area contributed by atoms with E-state index in [0.29, 0.717) is 6.54 Å². The monoisotopic (exact) mass is 379 g/mol. The van der Waals surface area contributed by atoms with Gasteiger partial charge in [0.2, 0.25) is 0 Å². The minimum Gasteiger partial charge on any atom is -0.467 e. The molecule has 1 aromatic rings. The molecule has 3 rings (SSSR count). The Morgan fingerprint density at radius 1 is 1.23 bits per heavy atom. The van der Waals surface area contributed by atoms with Crippen molar-refractivity contribution >= 4 is 24.7 Å². The first-order valence-corrected chi connectivity index (χ1v) is 9.41. The van der Waals surface area contributed by atoms with Gasteiger partial charge in [-0.25, -0.2) is 9.59 Å². The number of fused-ring (bicyclic) bond motifs is 1. The first-order chi connectivity index (χ1) is 12.5. The van der Waals surface area contributed by atoms with E-state index < -0.39 is 18.1 Å². The predicted molar refractivity (Wildman–Crippen MR) is 98.7 cm³/mol. The number of thiol groups is 1. The molecule has 0 radical (unpaired) electrons. The Morgan fingerprint density at radius 2 is 1.96 bits per heavy atom. The summed E-state index contributed by atoms with van der Waals surface area (Å²) < 4.78 is 16.3. The molecule has 2 aliphatic rings. The second-order valence-electron chi connectivity index (χ2n) is 6.84. The summed E-state index contributed by atoms with van der Waals surface area (Å²) in [7, 11) is 1.35. The van der Waals surface area contributed by atoms with Gasteiger partial charge in [0.25, 0.3) is 0 Å². The molecule has 1 saturated heterocycles. The first-order valence-electron chi connectivity index (χ1n) is 8.90. The van der Waals surface area contributed by atoms with Gasteiger partial charge in [0.05, 0.1) is 18.6 Å². The number of hydrogen-bond acceptors (Lipinski definition) is 6. The molecule has 5 atom stereocenters. The average molecular weight is 379 g/mol. The third-order valence-electron chi connectivity index (χ3n) is 5.21. The van der Waals surface area contributed by atoms with E-state index >= 15 is 0 Å². The van der Waals surface area contributed by atoms with E-state index in [-0.39, 0.29) is 30.0 Å². The number of ether oxygens (including phenoxy) is 3. The highest BCUT2D eigenvalue weighted by atomic mass is 32.1. The number of hydrogen-bond donors (Lipinski definition) is 1. The second kappa shape index (κ2) is 8.31. The summed E-state index contributed by atoms with van der Waals surface area (Å²) in [6, 6.07) is 8.85. The van der Waals surface area contributed by atoms with Crippen LogP contribution in [0.2, 0.25) is 0 Å². The summed E-state index contributed by atoms with van der Waals surface area (Å²) in [5, 5.41) is 0. The molecule has 1 aliphatic carbocycles. The standard InChI is InChI=1S/C19H25NO5S/c1-12(26)25-16-9-8-14-15(16)10-20(17(14)18(21)23-2)19(22)24-11-13-6-4-3-5-7-13/h3-7,12,14-17,26H,8-11H2,1-2H3/t12?,14-,15-,16?,17-/m0/s1. The van der Waals surface area contributed by atoms with Gasteiger partial charge in [0.15, 0.2) is 0 Å². The zero-order chi connectivity index (χ0) is 18.7. The maximum atomic E-state index is 12.6. The van der Waals surface area contributed by atoms with Gasteiger partial charge in [0.1, 0.15) is 12.6 Å². The van der Waals surface area contributed by atoms with Gasteiger partial charge < -0.3 is 14.2 Å². The van der Waals surface area contributed by atoms with Crippen molar-refractivity contribution in [1.82, 2.24) is 4.90 Å². The molecule has 0 bridgehead atoms. The molecule has 6 nitrogen and oxygen atoms in total. The van der Waals surface area contributed by atoms with Gasteiger partial charge in [-0.05, 0) is 31.2 Å². The summed E-state index contributed by atoms with van der Waals surface area (Å²) in [6.45, 7) is 2.48. The molecule has 1 saturated carbocycles. The van der Waals surface area contributed by atoms with E-state index in [0.717, 1.165) is 18.4 Å². The normalized spacial score (nSPS) is 28.5. The zero-order valence-electron chi connectivity index (χ0n) is 15.0. The fraction of sp³-hybridized carbons (Fsp3) is 0.579. The van der Waals surface area contributed by atoms with Crippen molar-refractivity contribution in [2.24, 2.45) is 11.8 Å². The van der Waals surface area contributed by atoms with Crippen LogP contribution in [-0.2, 0) is 25.6 Å². The summed E-state index contributed by atoms with van der Waals surface area (Å²) in [5.41, 5.74) is 0.717. The number of methoxy groups -OCH3 is 1. The summed E-state index contributed by atoms with van der Waals surface area (Å²) >= 11 is 4.30. The van der Waals surface area contributed by atoms with Crippen molar-refractivity contribution in [2.45, 2.75) is 44.0 Å². The highest BCUT2D eigenvalue weighted by molar-refractivity contribution is 7.80. The number of nitrogens with zero attached hydrogens (tertiary/aromatic N) is 1. The van der Waals surface area contributed by atoms with E-state index in [1.807, 2.05) is 37.3 Å². The van der Waals surface area contributed by atoms with Crippen LogP contribution in [0.1, 0.15) is 25.3 Å².